The summed E-state index contributed by atoms with van der Waals surface area (Å²) in [6.07, 6.45) is 4.99. The fourth-order valence-corrected chi connectivity index (χ4v) is 1.86. The van der Waals surface area contributed by atoms with Crippen LogP contribution in [0.1, 0.15) is 36.5 Å². The van der Waals surface area contributed by atoms with Crippen molar-refractivity contribution in [1.82, 2.24) is 4.98 Å². The first-order valence-electron chi connectivity index (χ1n) is 5.79. The van der Waals surface area contributed by atoms with Gasteiger partial charge in [0.15, 0.2) is 0 Å². The Kier molecular flexibility index (Phi) is 2.92. The van der Waals surface area contributed by atoms with Gasteiger partial charge in [0.05, 0.1) is 17.4 Å². The molecule has 0 unspecified atom stereocenters. The van der Waals surface area contributed by atoms with Gasteiger partial charge in [-0.15, -0.1) is 0 Å². The molecule has 5 heteroatoms. The minimum Gasteiger partial charge on any atom is -0.478 e. The van der Waals surface area contributed by atoms with E-state index in [1.807, 2.05) is 0 Å². The zero-order valence-corrected chi connectivity index (χ0v) is 9.86. The van der Waals surface area contributed by atoms with Crippen LogP contribution >= 0.6 is 0 Å². The summed E-state index contributed by atoms with van der Waals surface area (Å²) in [5.74, 6) is -0.444. The number of carbonyl (C=O) groups is 1. The number of rotatable bonds is 5. The van der Waals surface area contributed by atoms with E-state index in [1.54, 1.807) is 0 Å². The minimum absolute atomic E-state index is 0.101. The van der Waals surface area contributed by atoms with Crippen LogP contribution in [-0.2, 0) is 0 Å². The van der Waals surface area contributed by atoms with Crippen LogP contribution in [0.25, 0.3) is 0 Å². The molecule has 0 atom stereocenters. The van der Waals surface area contributed by atoms with Crippen LogP contribution in [0.15, 0.2) is 12.3 Å². The van der Waals surface area contributed by atoms with Gasteiger partial charge < -0.3 is 16.2 Å². The van der Waals surface area contributed by atoms with Gasteiger partial charge in [0.1, 0.15) is 5.82 Å². The van der Waals surface area contributed by atoms with Gasteiger partial charge in [-0.25, -0.2) is 9.78 Å². The first kappa shape index (κ1) is 11.7. The summed E-state index contributed by atoms with van der Waals surface area (Å²) in [7, 11) is 0. The summed E-state index contributed by atoms with van der Waals surface area (Å²) in [4.78, 5) is 15.0. The third-order valence-corrected chi connectivity index (χ3v) is 3.52. The Balaban J connectivity index is 2.06. The topological polar surface area (TPSA) is 88.2 Å². The van der Waals surface area contributed by atoms with Gasteiger partial charge >= 0.3 is 5.97 Å². The lowest BCUT2D eigenvalue weighted by atomic mass is 10.0. The highest BCUT2D eigenvalue weighted by Crippen LogP contribution is 2.48. The highest BCUT2D eigenvalue weighted by molar-refractivity contribution is 5.94. The molecule has 0 amide bonds. The van der Waals surface area contributed by atoms with Crippen LogP contribution in [0.5, 0.6) is 0 Å². The molecule has 0 saturated heterocycles. The number of nitrogens with two attached hydrogens (primary N) is 1. The first-order valence-corrected chi connectivity index (χ1v) is 5.79. The molecule has 0 spiro atoms. The second kappa shape index (κ2) is 4.24. The Bertz CT molecular complexity index is 441. The zero-order chi connectivity index (χ0) is 12.5. The van der Waals surface area contributed by atoms with E-state index in [2.05, 4.69) is 17.2 Å². The summed E-state index contributed by atoms with van der Waals surface area (Å²) >= 11 is 0. The van der Waals surface area contributed by atoms with Crippen LogP contribution in [0.2, 0.25) is 0 Å². The second-order valence-electron chi connectivity index (χ2n) is 4.67. The number of hydrogen-bond acceptors (Lipinski definition) is 4. The van der Waals surface area contributed by atoms with E-state index >= 15 is 0 Å². The highest BCUT2D eigenvalue weighted by atomic mass is 16.4. The molecule has 17 heavy (non-hydrogen) atoms. The molecule has 0 aromatic carbocycles. The number of nitrogens with one attached hydrogen (secondary N) is 1. The van der Waals surface area contributed by atoms with Crippen molar-refractivity contribution in [3.8, 4) is 0 Å². The van der Waals surface area contributed by atoms with Crippen LogP contribution in [-0.4, -0.2) is 22.6 Å². The molecule has 1 saturated carbocycles. The van der Waals surface area contributed by atoms with E-state index in [1.165, 1.54) is 25.1 Å². The number of hydrogen-bond donors (Lipinski definition) is 3. The Labute approximate surface area is 100 Å². The van der Waals surface area contributed by atoms with Crippen molar-refractivity contribution in [2.24, 2.45) is 5.41 Å². The van der Waals surface area contributed by atoms with Crippen molar-refractivity contribution >= 4 is 17.5 Å². The van der Waals surface area contributed by atoms with E-state index in [0.717, 1.165) is 13.0 Å². The lowest BCUT2D eigenvalue weighted by molar-refractivity contribution is 0.0698. The number of nitrogens with zero attached hydrogens (tertiary/aromatic N) is 1. The smallest absolute Gasteiger partial charge is 0.337 e. The van der Waals surface area contributed by atoms with E-state index < -0.39 is 5.97 Å². The largest absolute Gasteiger partial charge is 0.478 e. The lowest BCUT2D eigenvalue weighted by Crippen LogP contribution is -2.16. The number of aromatic carboxylic acids is 1. The maximum atomic E-state index is 10.9. The maximum Gasteiger partial charge on any atom is 0.337 e. The Morgan fingerprint density at radius 3 is 2.88 bits per heavy atom. The van der Waals surface area contributed by atoms with Crippen LogP contribution in [0, 0.1) is 5.41 Å². The van der Waals surface area contributed by atoms with Gasteiger partial charge in [-0.1, -0.05) is 6.92 Å². The summed E-state index contributed by atoms with van der Waals surface area (Å²) in [6, 6.07) is 1.49. The van der Waals surface area contributed by atoms with Gasteiger partial charge in [0.2, 0.25) is 0 Å². The fourth-order valence-electron chi connectivity index (χ4n) is 1.86. The van der Waals surface area contributed by atoms with Gasteiger partial charge in [-0.05, 0) is 30.7 Å². The summed E-state index contributed by atoms with van der Waals surface area (Å²) in [6.45, 7) is 3.02. The third-order valence-electron chi connectivity index (χ3n) is 3.52. The van der Waals surface area contributed by atoms with Crippen molar-refractivity contribution in [1.29, 1.82) is 0 Å². The molecule has 0 aliphatic heterocycles. The number of anilines is 2. The normalized spacial score (nSPS) is 16.5. The predicted molar refractivity (Wildman–Crippen MR) is 66.1 cm³/mol. The van der Waals surface area contributed by atoms with Crippen LogP contribution in [0.4, 0.5) is 11.5 Å². The summed E-state index contributed by atoms with van der Waals surface area (Å²) in [5, 5.41) is 12.1. The van der Waals surface area contributed by atoms with Crippen molar-refractivity contribution in [2.75, 3.05) is 17.6 Å². The molecular weight excluding hydrogens is 218 g/mol. The van der Waals surface area contributed by atoms with Crippen molar-refractivity contribution in [3.05, 3.63) is 17.8 Å². The molecule has 92 valence electrons. The number of carboxylic acid groups (broad SMARTS) is 1. The van der Waals surface area contributed by atoms with Crippen molar-refractivity contribution in [3.63, 3.8) is 0 Å². The molecule has 1 aromatic heterocycles. The van der Waals surface area contributed by atoms with Gasteiger partial charge in [-0.2, -0.15) is 0 Å². The maximum absolute atomic E-state index is 10.9. The van der Waals surface area contributed by atoms with E-state index in [4.69, 9.17) is 10.8 Å². The average molecular weight is 235 g/mol. The third kappa shape index (κ3) is 2.49. The molecular formula is C12H17N3O2. The Hall–Kier alpha value is -1.78. The number of aromatic nitrogens is 1. The summed E-state index contributed by atoms with van der Waals surface area (Å²) < 4.78 is 0. The zero-order valence-electron chi connectivity index (χ0n) is 9.86. The molecule has 1 aliphatic carbocycles. The number of pyridine rings is 1. The number of nitrogen functional groups attached to an aromatic ring is 1. The molecule has 0 radical (unpaired) electrons. The molecule has 1 aromatic rings. The van der Waals surface area contributed by atoms with E-state index in [0.29, 0.717) is 11.2 Å². The molecule has 5 nitrogen and oxygen atoms in total. The standard InChI is InChI=1S/C12H17N3O2/c1-2-12(3-4-12)7-15-10-5-8(11(16)17)9(13)6-14-10/h5-6H,2-4,7,13H2,1H3,(H,14,15)(H,16,17). The fraction of sp³-hybridized carbons (Fsp3) is 0.500. The Morgan fingerprint density at radius 2 is 2.35 bits per heavy atom. The molecule has 0 bridgehead atoms. The van der Waals surface area contributed by atoms with E-state index in [-0.39, 0.29) is 11.3 Å². The van der Waals surface area contributed by atoms with Gasteiger partial charge in [0.25, 0.3) is 0 Å². The van der Waals surface area contributed by atoms with Crippen LogP contribution < -0.4 is 11.1 Å². The first-order chi connectivity index (χ1) is 8.06. The molecule has 4 N–H and O–H groups in total. The predicted octanol–water partition coefficient (Wildman–Crippen LogP) is 1.96. The second-order valence-corrected chi connectivity index (χ2v) is 4.67. The van der Waals surface area contributed by atoms with E-state index in [9.17, 15) is 4.79 Å². The number of carboxylic acids is 1. The van der Waals surface area contributed by atoms with Crippen LogP contribution in [0.3, 0.4) is 0 Å². The van der Waals surface area contributed by atoms with Crippen molar-refractivity contribution < 1.29 is 9.90 Å². The monoisotopic (exact) mass is 235 g/mol. The average Bonchev–Trinajstić information content (AvgIpc) is 3.08. The lowest BCUT2D eigenvalue weighted by Gasteiger charge is -2.14. The van der Waals surface area contributed by atoms with Crippen molar-refractivity contribution in [2.45, 2.75) is 26.2 Å². The molecule has 2 rings (SSSR count). The SMILES string of the molecule is CCC1(CNc2cc(C(=O)O)c(N)cn2)CC1. The highest BCUT2D eigenvalue weighted by Gasteiger charge is 2.40. The molecule has 1 heterocycles. The molecule has 1 fully saturated rings. The van der Waals surface area contributed by atoms with Gasteiger partial charge in [-0.3, -0.25) is 0 Å². The summed E-state index contributed by atoms with van der Waals surface area (Å²) in [5.41, 5.74) is 6.23. The minimum atomic E-state index is -1.02. The molecule has 1 aliphatic rings. The quantitative estimate of drug-likeness (QED) is 0.726. The Morgan fingerprint density at radius 1 is 1.65 bits per heavy atom. The van der Waals surface area contributed by atoms with Gasteiger partial charge in [0, 0.05) is 6.54 Å².